The van der Waals surface area contributed by atoms with E-state index in [1.807, 2.05) is 20.8 Å². The fourth-order valence-corrected chi connectivity index (χ4v) is 3.93. The van der Waals surface area contributed by atoms with Crippen LogP contribution in [0.4, 0.5) is 0 Å². The molecule has 0 aromatic heterocycles. The SMILES string of the molecule is CC(C)(C)[C@@H](O)[C@@H]1CCCS1(=O)=O. The van der Waals surface area contributed by atoms with E-state index in [9.17, 15) is 13.5 Å². The van der Waals surface area contributed by atoms with Crippen molar-refractivity contribution in [3.8, 4) is 0 Å². The van der Waals surface area contributed by atoms with Crippen LogP contribution in [0.2, 0.25) is 0 Å². The fraction of sp³-hybridized carbons (Fsp3) is 1.00. The maximum absolute atomic E-state index is 11.5. The van der Waals surface area contributed by atoms with Gasteiger partial charge in [0.05, 0.1) is 17.1 Å². The van der Waals surface area contributed by atoms with Gasteiger partial charge in [-0.1, -0.05) is 20.8 Å². The molecule has 1 fully saturated rings. The largest absolute Gasteiger partial charge is 0.391 e. The van der Waals surface area contributed by atoms with E-state index in [4.69, 9.17) is 0 Å². The Hall–Kier alpha value is -0.0900. The van der Waals surface area contributed by atoms with Gasteiger partial charge in [-0.2, -0.15) is 0 Å². The van der Waals surface area contributed by atoms with E-state index in [-0.39, 0.29) is 11.2 Å². The second-order valence-electron chi connectivity index (χ2n) is 4.86. The molecule has 0 aliphatic carbocycles. The third-order valence-electron chi connectivity index (χ3n) is 2.62. The van der Waals surface area contributed by atoms with Gasteiger partial charge < -0.3 is 5.11 Å². The molecule has 3 nitrogen and oxygen atoms in total. The van der Waals surface area contributed by atoms with E-state index in [1.54, 1.807) is 0 Å². The summed E-state index contributed by atoms with van der Waals surface area (Å²) in [5, 5.41) is 9.31. The first kappa shape index (κ1) is 11.0. The number of hydrogen-bond donors (Lipinski definition) is 1. The summed E-state index contributed by atoms with van der Waals surface area (Å²) in [5.41, 5.74) is -0.345. The van der Waals surface area contributed by atoms with Crippen LogP contribution in [0.5, 0.6) is 0 Å². The smallest absolute Gasteiger partial charge is 0.155 e. The van der Waals surface area contributed by atoms with Crippen LogP contribution in [0, 0.1) is 5.41 Å². The van der Waals surface area contributed by atoms with Gasteiger partial charge in [0, 0.05) is 0 Å². The third kappa shape index (κ3) is 2.23. The molecule has 1 heterocycles. The minimum atomic E-state index is -3.02. The zero-order valence-corrected chi connectivity index (χ0v) is 9.26. The van der Waals surface area contributed by atoms with Crippen LogP contribution in [-0.4, -0.2) is 30.6 Å². The molecule has 4 heteroatoms. The number of rotatable bonds is 1. The Balaban J connectivity index is 2.85. The summed E-state index contributed by atoms with van der Waals surface area (Å²) < 4.78 is 23.0. The Morgan fingerprint density at radius 2 is 1.92 bits per heavy atom. The van der Waals surface area contributed by atoms with Crippen molar-refractivity contribution in [2.45, 2.75) is 45.0 Å². The van der Waals surface area contributed by atoms with Crippen LogP contribution >= 0.6 is 0 Å². The highest BCUT2D eigenvalue weighted by molar-refractivity contribution is 7.92. The summed E-state index contributed by atoms with van der Waals surface area (Å²) in [7, 11) is -3.02. The number of sulfone groups is 1. The van der Waals surface area contributed by atoms with Gasteiger partial charge in [-0.05, 0) is 18.3 Å². The molecule has 0 unspecified atom stereocenters. The second-order valence-corrected chi connectivity index (χ2v) is 7.20. The van der Waals surface area contributed by atoms with E-state index in [0.29, 0.717) is 12.8 Å². The predicted octanol–water partition coefficient (Wildman–Crippen LogP) is 0.971. The molecule has 0 aromatic rings. The van der Waals surface area contributed by atoms with Crippen molar-refractivity contribution in [3.05, 3.63) is 0 Å². The Labute approximate surface area is 80.1 Å². The fourth-order valence-electron chi connectivity index (χ4n) is 1.73. The third-order valence-corrected chi connectivity index (χ3v) is 4.89. The van der Waals surface area contributed by atoms with Crippen LogP contribution < -0.4 is 0 Å². The van der Waals surface area contributed by atoms with E-state index >= 15 is 0 Å². The van der Waals surface area contributed by atoms with Gasteiger partial charge in [0.15, 0.2) is 9.84 Å². The lowest BCUT2D eigenvalue weighted by atomic mass is 9.86. The zero-order valence-electron chi connectivity index (χ0n) is 8.45. The Kier molecular flexibility index (Phi) is 2.74. The predicted molar refractivity (Wildman–Crippen MR) is 52.3 cm³/mol. The van der Waals surface area contributed by atoms with E-state index in [2.05, 4.69) is 0 Å². The van der Waals surface area contributed by atoms with Gasteiger partial charge in [-0.15, -0.1) is 0 Å². The Bertz CT molecular complexity index is 274. The molecule has 1 rings (SSSR count). The lowest BCUT2D eigenvalue weighted by Gasteiger charge is -2.29. The monoisotopic (exact) mass is 206 g/mol. The van der Waals surface area contributed by atoms with Gasteiger partial charge in [0.1, 0.15) is 0 Å². The lowest BCUT2D eigenvalue weighted by Crippen LogP contribution is -2.40. The van der Waals surface area contributed by atoms with Crippen molar-refractivity contribution in [3.63, 3.8) is 0 Å². The topological polar surface area (TPSA) is 54.4 Å². The maximum atomic E-state index is 11.5. The van der Waals surface area contributed by atoms with Crippen molar-refractivity contribution in [1.82, 2.24) is 0 Å². The Morgan fingerprint density at radius 1 is 1.38 bits per heavy atom. The Morgan fingerprint density at radius 3 is 2.23 bits per heavy atom. The van der Waals surface area contributed by atoms with Crippen molar-refractivity contribution < 1.29 is 13.5 Å². The molecule has 0 saturated carbocycles. The molecule has 0 spiro atoms. The summed E-state index contributed by atoms with van der Waals surface area (Å²) in [6.45, 7) is 5.60. The number of aliphatic hydroxyl groups is 1. The molecule has 1 aliphatic rings. The summed E-state index contributed by atoms with van der Waals surface area (Å²) in [6, 6.07) is 0. The van der Waals surface area contributed by atoms with Crippen molar-refractivity contribution in [1.29, 1.82) is 0 Å². The van der Waals surface area contributed by atoms with E-state index in [0.717, 1.165) is 0 Å². The zero-order chi connectivity index (χ0) is 10.3. The molecular weight excluding hydrogens is 188 g/mol. The minimum Gasteiger partial charge on any atom is -0.391 e. The number of aliphatic hydroxyl groups excluding tert-OH is 1. The van der Waals surface area contributed by atoms with Crippen LogP contribution in [0.15, 0.2) is 0 Å². The molecule has 0 radical (unpaired) electrons. The number of hydrogen-bond acceptors (Lipinski definition) is 3. The van der Waals surface area contributed by atoms with Crippen molar-refractivity contribution in [2.24, 2.45) is 5.41 Å². The minimum absolute atomic E-state index is 0.241. The maximum Gasteiger partial charge on any atom is 0.155 e. The van der Waals surface area contributed by atoms with Gasteiger partial charge in [-0.3, -0.25) is 0 Å². The molecule has 1 saturated heterocycles. The molecule has 1 N–H and O–H groups in total. The highest BCUT2D eigenvalue weighted by Crippen LogP contribution is 2.31. The molecular formula is C9H18O3S. The van der Waals surface area contributed by atoms with Crippen LogP contribution in [-0.2, 0) is 9.84 Å². The molecule has 0 amide bonds. The highest BCUT2D eigenvalue weighted by Gasteiger charge is 2.41. The van der Waals surface area contributed by atoms with Gasteiger partial charge in [0.2, 0.25) is 0 Å². The first-order chi connectivity index (χ1) is 5.75. The van der Waals surface area contributed by atoms with Gasteiger partial charge >= 0.3 is 0 Å². The lowest BCUT2D eigenvalue weighted by molar-refractivity contribution is 0.0587. The van der Waals surface area contributed by atoms with Crippen LogP contribution in [0.25, 0.3) is 0 Å². The first-order valence-corrected chi connectivity index (χ1v) is 6.36. The molecule has 1 aliphatic heterocycles. The molecule has 13 heavy (non-hydrogen) atoms. The second kappa shape index (κ2) is 3.24. The normalized spacial score (nSPS) is 30.3. The van der Waals surface area contributed by atoms with Crippen LogP contribution in [0.1, 0.15) is 33.6 Å². The highest BCUT2D eigenvalue weighted by atomic mass is 32.2. The summed E-state index contributed by atoms with van der Waals surface area (Å²) in [6.07, 6.45) is 0.570. The molecule has 78 valence electrons. The summed E-state index contributed by atoms with van der Waals surface area (Å²) >= 11 is 0. The standard InChI is InChI=1S/C9H18O3S/c1-9(2,3)8(10)7-5-4-6-13(7,11)12/h7-8,10H,4-6H2,1-3H3/t7-,8-/m0/s1. The molecule has 2 atom stereocenters. The van der Waals surface area contributed by atoms with Crippen molar-refractivity contribution in [2.75, 3.05) is 5.75 Å². The van der Waals surface area contributed by atoms with Crippen molar-refractivity contribution >= 4 is 9.84 Å². The molecule has 0 aromatic carbocycles. The van der Waals surface area contributed by atoms with Crippen LogP contribution in [0.3, 0.4) is 0 Å². The van der Waals surface area contributed by atoms with E-state index in [1.165, 1.54) is 0 Å². The van der Waals surface area contributed by atoms with Gasteiger partial charge in [-0.25, -0.2) is 8.42 Å². The summed E-state index contributed by atoms with van der Waals surface area (Å²) in [5.74, 6) is 0.241. The quantitative estimate of drug-likeness (QED) is 0.695. The average molecular weight is 206 g/mol. The molecule has 0 bridgehead atoms. The first-order valence-electron chi connectivity index (χ1n) is 4.65. The van der Waals surface area contributed by atoms with E-state index < -0.39 is 21.2 Å². The average Bonchev–Trinajstić information content (AvgIpc) is 2.26. The summed E-state index contributed by atoms with van der Waals surface area (Å²) in [4.78, 5) is 0. The van der Waals surface area contributed by atoms with Gasteiger partial charge in [0.25, 0.3) is 0 Å².